The quantitative estimate of drug-likeness (QED) is 0.584. The van der Waals surface area contributed by atoms with E-state index in [-0.39, 0.29) is 0 Å². The third kappa shape index (κ3) is 3.60. The van der Waals surface area contributed by atoms with Crippen molar-refractivity contribution < 1.29 is 0 Å². The second-order valence-corrected chi connectivity index (χ2v) is 4.59. The van der Waals surface area contributed by atoms with Gasteiger partial charge in [-0.1, -0.05) is 65.2 Å². The molecule has 0 aromatic carbocycles. The van der Waals surface area contributed by atoms with Crippen LogP contribution in [0.1, 0.15) is 65.2 Å². The predicted molar refractivity (Wildman–Crippen MR) is 55.3 cm³/mol. The Balaban J connectivity index is 2.05. The maximum Gasteiger partial charge on any atom is -0.0414 e. The first-order valence-corrected chi connectivity index (χ1v) is 5.83. The molecule has 0 amide bonds. The Hall–Kier alpha value is 0. The molecule has 0 aromatic heterocycles. The first-order valence-electron chi connectivity index (χ1n) is 5.83. The number of rotatable bonds is 4. The van der Waals surface area contributed by atoms with E-state index in [1.165, 1.54) is 51.4 Å². The van der Waals surface area contributed by atoms with Gasteiger partial charge in [-0.25, -0.2) is 0 Å². The topological polar surface area (TPSA) is 0 Å². The maximum absolute atomic E-state index is 2.39. The first-order chi connectivity index (χ1) is 5.83. The van der Waals surface area contributed by atoms with Crippen molar-refractivity contribution in [2.24, 2.45) is 11.8 Å². The van der Waals surface area contributed by atoms with Crippen molar-refractivity contribution in [1.29, 1.82) is 0 Å². The van der Waals surface area contributed by atoms with Crippen molar-refractivity contribution in [3.8, 4) is 0 Å². The molecular formula is C12H24. The van der Waals surface area contributed by atoms with E-state index in [9.17, 15) is 0 Å². The van der Waals surface area contributed by atoms with Crippen LogP contribution in [0.3, 0.4) is 0 Å². The SMILES string of the molecule is CC[C@H](C)CCC1CCCCC1. The van der Waals surface area contributed by atoms with Gasteiger partial charge in [0.1, 0.15) is 0 Å². The highest BCUT2D eigenvalue weighted by molar-refractivity contribution is 4.66. The van der Waals surface area contributed by atoms with Gasteiger partial charge in [0.2, 0.25) is 0 Å². The van der Waals surface area contributed by atoms with Gasteiger partial charge >= 0.3 is 0 Å². The lowest BCUT2D eigenvalue weighted by atomic mass is 9.84. The van der Waals surface area contributed by atoms with Crippen molar-refractivity contribution in [2.75, 3.05) is 0 Å². The standard InChI is InChI=1S/C12H24/c1-3-11(2)9-10-12-7-5-4-6-8-12/h11-12H,3-10H2,1-2H3/t11-/m0/s1. The molecule has 0 aromatic rings. The molecule has 0 spiro atoms. The van der Waals surface area contributed by atoms with Gasteiger partial charge in [-0.3, -0.25) is 0 Å². The van der Waals surface area contributed by atoms with Crippen LogP contribution in [-0.2, 0) is 0 Å². The van der Waals surface area contributed by atoms with E-state index < -0.39 is 0 Å². The second kappa shape index (κ2) is 5.61. The summed E-state index contributed by atoms with van der Waals surface area (Å²) in [5.74, 6) is 2.06. The zero-order chi connectivity index (χ0) is 8.81. The van der Waals surface area contributed by atoms with Gasteiger partial charge in [-0.15, -0.1) is 0 Å². The van der Waals surface area contributed by atoms with Crippen LogP contribution in [0.5, 0.6) is 0 Å². The largest absolute Gasteiger partial charge is 0.0651 e. The Morgan fingerprint density at radius 1 is 1.17 bits per heavy atom. The molecule has 0 nitrogen and oxygen atoms in total. The van der Waals surface area contributed by atoms with Crippen LogP contribution in [-0.4, -0.2) is 0 Å². The van der Waals surface area contributed by atoms with Crippen molar-refractivity contribution >= 4 is 0 Å². The van der Waals surface area contributed by atoms with Crippen molar-refractivity contribution in [3.05, 3.63) is 0 Å². The molecular weight excluding hydrogens is 144 g/mol. The van der Waals surface area contributed by atoms with Crippen LogP contribution in [0.2, 0.25) is 0 Å². The van der Waals surface area contributed by atoms with Gasteiger partial charge in [0.05, 0.1) is 0 Å². The van der Waals surface area contributed by atoms with Crippen molar-refractivity contribution in [1.82, 2.24) is 0 Å². The third-order valence-electron chi connectivity index (χ3n) is 3.49. The maximum atomic E-state index is 2.39. The monoisotopic (exact) mass is 168 g/mol. The van der Waals surface area contributed by atoms with E-state index >= 15 is 0 Å². The van der Waals surface area contributed by atoms with Crippen LogP contribution in [0.15, 0.2) is 0 Å². The second-order valence-electron chi connectivity index (χ2n) is 4.59. The van der Waals surface area contributed by atoms with Gasteiger partial charge in [0, 0.05) is 0 Å². The van der Waals surface area contributed by atoms with Crippen LogP contribution in [0, 0.1) is 11.8 Å². The van der Waals surface area contributed by atoms with Crippen LogP contribution >= 0.6 is 0 Å². The summed E-state index contributed by atoms with van der Waals surface area (Å²) >= 11 is 0. The molecule has 1 aliphatic rings. The first kappa shape index (κ1) is 10.1. The Morgan fingerprint density at radius 2 is 1.83 bits per heavy atom. The molecule has 0 aliphatic heterocycles. The molecule has 0 bridgehead atoms. The van der Waals surface area contributed by atoms with Gasteiger partial charge in [-0.2, -0.15) is 0 Å². The minimum atomic E-state index is 0.965. The van der Waals surface area contributed by atoms with Crippen LogP contribution in [0.4, 0.5) is 0 Å². The molecule has 1 rings (SSSR count). The molecule has 0 unspecified atom stereocenters. The fraction of sp³-hybridized carbons (Fsp3) is 1.00. The van der Waals surface area contributed by atoms with Gasteiger partial charge < -0.3 is 0 Å². The predicted octanol–water partition coefficient (Wildman–Crippen LogP) is 4.39. The summed E-state index contributed by atoms with van der Waals surface area (Å²) in [5, 5.41) is 0. The Labute approximate surface area is 77.7 Å². The summed E-state index contributed by atoms with van der Waals surface area (Å²) in [7, 11) is 0. The lowest BCUT2D eigenvalue weighted by Crippen LogP contribution is -2.07. The summed E-state index contributed by atoms with van der Waals surface area (Å²) in [6, 6.07) is 0. The fourth-order valence-electron chi connectivity index (χ4n) is 2.20. The lowest BCUT2D eigenvalue weighted by Gasteiger charge is -2.22. The molecule has 72 valence electrons. The molecule has 0 heteroatoms. The zero-order valence-corrected chi connectivity index (χ0v) is 8.81. The van der Waals surface area contributed by atoms with Crippen molar-refractivity contribution in [2.45, 2.75) is 65.2 Å². The summed E-state index contributed by atoms with van der Waals surface area (Å²) in [6.45, 7) is 4.70. The summed E-state index contributed by atoms with van der Waals surface area (Å²) < 4.78 is 0. The normalized spacial score (nSPS) is 22.5. The van der Waals surface area contributed by atoms with E-state index in [0.29, 0.717) is 0 Å². The van der Waals surface area contributed by atoms with E-state index in [2.05, 4.69) is 13.8 Å². The summed E-state index contributed by atoms with van der Waals surface area (Å²) in [6.07, 6.45) is 11.9. The number of hydrogen-bond acceptors (Lipinski definition) is 0. The summed E-state index contributed by atoms with van der Waals surface area (Å²) in [4.78, 5) is 0. The Bertz CT molecular complexity index is 101. The van der Waals surface area contributed by atoms with Crippen LogP contribution < -0.4 is 0 Å². The fourth-order valence-corrected chi connectivity index (χ4v) is 2.20. The molecule has 0 radical (unpaired) electrons. The molecule has 0 saturated heterocycles. The summed E-state index contributed by atoms with van der Waals surface area (Å²) in [5.41, 5.74) is 0. The molecule has 1 atom stereocenters. The van der Waals surface area contributed by atoms with Gasteiger partial charge in [-0.05, 0) is 11.8 Å². The van der Waals surface area contributed by atoms with Crippen molar-refractivity contribution in [3.63, 3.8) is 0 Å². The molecule has 0 heterocycles. The van der Waals surface area contributed by atoms with Crippen LogP contribution in [0.25, 0.3) is 0 Å². The average Bonchev–Trinajstić information content (AvgIpc) is 2.16. The minimum absolute atomic E-state index is 0.965. The highest BCUT2D eigenvalue weighted by atomic mass is 14.2. The third-order valence-corrected chi connectivity index (χ3v) is 3.49. The molecule has 12 heavy (non-hydrogen) atoms. The molecule has 1 aliphatic carbocycles. The Kier molecular flexibility index (Phi) is 4.72. The highest BCUT2D eigenvalue weighted by Gasteiger charge is 2.13. The lowest BCUT2D eigenvalue weighted by molar-refractivity contribution is 0.311. The van der Waals surface area contributed by atoms with E-state index in [4.69, 9.17) is 0 Å². The van der Waals surface area contributed by atoms with E-state index in [1.807, 2.05) is 0 Å². The van der Waals surface area contributed by atoms with E-state index in [1.54, 1.807) is 0 Å². The average molecular weight is 168 g/mol. The Morgan fingerprint density at radius 3 is 2.42 bits per heavy atom. The molecule has 1 saturated carbocycles. The number of hydrogen-bond donors (Lipinski definition) is 0. The highest BCUT2D eigenvalue weighted by Crippen LogP contribution is 2.28. The van der Waals surface area contributed by atoms with E-state index in [0.717, 1.165) is 11.8 Å². The smallest absolute Gasteiger partial charge is 0.0414 e. The molecule has 1 fully saturated rings. The molecule has 0 N–H and O–H groups in total. The minimum Gasteiger partial charge on any atom is -0.0651 e. The zero-order valence-electron chi connectivity index (χ0n) is 8.81. The van der Waals surface area contributed by atoms with Gasteiger partial charge in [0.25, 0.3) is 0 Å². The van der Waals surface area contributed by atoms with Gasteiger partial charge in [0.15, 0.2) is 0 Å².